The molecular formula is C7H7O7SZn-. The molecular weight excluding hydrogens is 294 g/mol. The fraction of sp³-hybridized carbons (Fsp3) is 0. The molecule has 1 aromatic carbocycles. The standard InChI is InChI=1S/C7H6O3.H2O4S.Zn/c8-6-4-2-1-3-5(6)7(9)10;1-5(2,3)4;/h1-4,8H,(H,9,10);(H2,1,2,3,4);/p-1. The third kappa shape index (κ3) is 9.54. The molecule has 16 heavy (non-hydrogen) atoms. The van der Waals surface area contributed by atoms with E-state index in [1.165, 1.54) is 12.1 Å². The van der Waals surface area contributed by atoms with Crippen LogP contribution in [0.5, 0.6) is 5.75 Å². The molecule has 0 unspecified atom stereocenters. The Morgan fingerprint density at radius 1 is 1.25 bits per heavy atom. The number of rotatable bonds is 1. The average Bonchev–Trinajstić information content (AvgIpc) is 2.01. The SMILES string of the molecule is O=C(O)c1ccccc1O.O=S(=O)([O-])O.[Zn]. The molecule has 3 N–H and O–H groups in total. The second-order valence-corrected chi connectivity index (χ2v) is 3.11. The molecule has 0 fully saturated rings. The molecule has 1 rings (SSSR count). The van der Waals surface area contributed by atoms with E-state index in [9.17, 15) is 4.79 Å². The van der Waals surface area contributed by atoms with Gasteiger partial charge in [-0.1, -0.05) is 12.1 Å². The van der Waals surface area contributed by atoms with Crippen LogP contribution in [0.2, 0.25) is 0 Å². The zero-order valence-electron chi connectivity index (χ0n) is 7.90. The fourth-order valence-electron chi connectivity index (χ4n) is 0.654. The normalized spacial score (nSPS) is 9.38. The third-order valence-corrected chi connectivity index (χ3v) is 1.13. The van der Waals surface area contributed by atoms with Gasteiger partial charge in [-0.05, 0) is 12.1 Å². The first-order valence-corrected chi connectivity index (χ1v) is 4.78. The Bertz CT molecular complexity index is 434. The number of benzene rings is 1. The summed E-state index contributed by atoms with van der Waals surface area (Å²) in [6.07, 6.45) is 0. The van der Waals surface area contributed by atoms with Gasteiger partial charge in [0.05, 0.1) is 0 Å². The molecule has 0 aromatic heterocycles. The van der Waals surface area contributed by atoms with E-state index < -0.39 is 16.4 Å². The summed E-state index contributed by atoms with van der Waals surface area (Å²) < 4.78 is 32.8. The van der Waals surface area contributed by atoms with Gasteiger partial charge in [-0.25, -0.2) is 13.2 Å². The summed E-state index contributed by atoms with van der Waals surface area (Å²) in [4.78, 5) is 10.3. The van der Waals surface area contributed by atoms with Crippen molar-refractivity contribution in [1.82, 2.24) is 0 Å². The molecule has 1 aromatic rings. The molecule has 0 aliphatic rings. The summed E-state index contributed by atoms with van der Waals surface area (Å²) in [5, 5.41) is 17.3. The Kier molecular flexibility index (Phi) is 7.92. The second kappa shape index (κ2) is 7.29. The van der Waals surface area contributed by atoms with Crippen LogP contribution in [0.4, 0.5) is 0 Å². The van der Waals surface area contributed by atoms with Crippen molar-refractivity contribution in [2.75, 3.05) is 0 Å². The first-order chi connectivity index (χ1) is 6.72. The predicted molar refractivity (Wildman–Crippen MR) is 47.4 cm³/mol. The zero-order valence-corrected chi connectivity index (χ0v) is 11.7. The van der Waals surface area contributed by atoms with Crippen LogP contribution in [0, 0.1) is 0 Å². The second-order valence-electron chi connectivity index (χ2n) is 2.25. The van der Waals surface area contributed by atoms with Crippen LogP contribution in [-0.2, 0) is 29.9 Å². The minimum absolute atomic E-state index is 0. The van der Waals surface area contributed by atoms with Crippen molar-refractivity contribution >= 4 is 16.4 Å². The number of carboxylic acid groups (broad SMARTS) is 1. The van der Waals surface area contributed by atoms with Crippen LogP contribution in [0.25, 0.3) is 0 Å². The van der Waals surface area contributed by atoms with Gasteiger partial charge in [-0.2, -0.15) is 0 Å². The van der Waals surface area contributed by atoms with Crippen molar-refractivity contribution in [3.8, 4) is 5.75 Å². The summed E-state index contributed by atoms with van der Waals surface area (Å²) in [6, 6.07) is 5.81. The minimum atomic E-state index is -4.92. The first-order valence-electron chi connectivity index (χ1n) is 3.41. The van der Waals surface area contributed by atoms with E-state index in [1.807, 2.05) is 0 Å². The number of aromatic hydroxyl groups is 1. The topological polar surface area (TPSA) is 135 Å². The maximum atomic E-state index is 10.3. The molecule has 0 saturated heterocycles. The van der Waals surface area contributed by atoms with Gasteiger partial charge in [0.25, 0.3) is 0 Å². The monoisotopic (exact) mass is 299 g/mol. The number of carbonyl (C=O) groups is 1. The fourth-order valence-corrected chi connectivity index (χ4v) is 0.654. The number of hydrogen-bond acceptors (Lipinski definition) is 5. The largest absolute Gasteiger partial charge is 0.726 e. The first kappa shape index (κ1) is 17.4. The van der Waals surface area contributed by atoms with Crippen LogP contribution in [0.15, 0.2) is 24.3 Å². The van der Waals surface area contributed by atoms with Gasteiger partial charge in [-0.3, -0.25) is 4.55 Å². The van der Waals surface area contributed by atoms with Gasteiger partial charge >= 0.3 is 5.97 Å². The summed E-state index contributed by atoms with van der Waals surface area (Å²) in [5.74, 6) is -1.31. The summed E-state index contributed by atoms with van der Waals surface area (Å²) in [6.45, 7) is 0. The van der Waals surface area contributed by atoms with Gasteiger partial charge < -0.3 is 14.8 Å². The van der Waals surface area contributed by atoms with E-state index in [0.29, 0.717) is 0 Å². The molecule has 0 atom stereocenters. The number of hydrogen-bond donors (Lipinski definition) is 3. The number of phenols is 1. The van der Waals surface area contributed by atoms with E-state index in [4.69, 9.17) is 27.7 Å². The molecule has 7 nitrogen and oxygen atoms in total. The van der Waals surface area contributed by atoms with Crippen LogP contribution < -0.4 is 0 Å². The minimum Gasteiger partial charge on any atom is -0.726 e. The maximum absolute atomic E-state index is 10.3. The van der Waals surface area contributed by atoms with Gasteiger partial charge in [0, 0.05) is 19.5 Å². The van der Waals surface area contributed by atoms with Crippen LogP contribution in [0.1, 0.15) is 10.4 Å². The molecule has 0 saturated carbocycles. The van der Waals surface area contributed by atoms with Gasteiger partial charge in [0.2, 0.25) is 10.4 Å². The Morgan fingerprint density at radius 2 is 1.62 bits per heavy atom. The molecule has 0 aliphatic carbocycles. The van der Waals surface area contributed by atoms with E-state index >= 15 is 0 Å². The molecule has 9 heteroatoms. The molecule has 86 valence electrons. The molecule has 0 amide bonds. The van der Waals surface area contributed by atoms with Crippen molar-refractivity contribution in [2.45, 2.75) is 0 Å². The summed E-state index contributed by atoms with van der Waals surface area (Å²) >= 11 is 0. The smallest absolute Gasteiger partial charge is 0.339 e. The summed E-state index contributed by atoms with van der Waals surface area (Å²) in [5.41, 5.74) is -0.0671. The molecule has 0 bridgehead atoms. The molecule has 0 spiro atoms. The van der Waals surface area contributed by atoms with E-state index in [0.717, 1.165) is 0 Å². The molecule has 0 radical (unpaired) electrons. The third-order valence-electron chi connectivity index (χ3n) is 1.13. The number of aromatic carboxylic acids is 1. The Morgan fingerprint density at radius 3 is 1.88 bits per heavy atom. The van der Waals surface area contributed by atoms with Crippen molar-refractivity contribution in [2.24, 2.45) is 0 Å². The van der Waals surface area contributed by atoms with Gasteiger partial charge in [0.1, 0.15) is 11.3 Å². The maximum Gasteiger partial charge on any atom is 0.339 e. The molecule has 0 aliphatic heterocycles. The Balaban J connectivity index is 0. The average molecular weight is 301 g/mol. The Hall–Kier alpha value is -1.02. The van der Waals surface area contributed by atoms with E-state index in [1.54, 1.807) is 12.1 Å². The van der Waals surface area contributed by atoms with Crippen molar-refractivity contribution in [3.05, 3.63) is 29.8 Å². The summed E-state index contributed by atoms with van der Waals surface area (Å²) in [7, 11) is -4.92. The predicted octanol–water partition coefficient (Wildman–Crippen LogP) is 0.0925. The zero-order chi connectivity index (χ0) is 12.1. The van der Waals surface area contributed by atoms with Crippen molar-refractivity contribution in [1.29, 1.82) is 0 Å². The van der Waals surface area contributed by atoms with Crippen LogP contribution in [-0.4, -0.2) is 33.7 Å². The number of carboxylic acids is 1. The number of para-hydroxylation sites is 1. The Labute approximate surface area is 104 Å². The van der Waals surface area contributed by atoms with Crippen LogP contribution in [0.3, 0.4) is 0 Å². The van der Waals surface area contributed by atoms with Crippen molar-refractivity contribution < 1.29 is 52.0 Å². The van der Waals surface area contributed by atoms with E-state index in [-0.39, 0.29) is 30.8 Å². The van der Waals surface area contributed by atoms with Crippen molar-refractivity contribution in [3.63, 3.8) is 0 Å². The van der Waals surface area contributed by atoms with Gasteiger partial charge in [0.15, 0.2) is 0 Å². The van der Waals surface area contributed by atoms with E-state index in [2.05, 4.69) is 0 Å². The molecule has 0 heterocycles. The van der Waals surface area contributed by atoms with Gasteiger partial charge in [-0.15, -0.1) is 0 Å². The quantitative estimate of drug-likeness (QED) is 0.380. The van der Waals surface area contributed by atoms with Crippen LogP contribution >= 0.6 is 0 Å².